The fourth-order valence-corrected chi connectivity index (χ4v) is 5.18. The van der Waals surface area contributed by atoms with Crippen molar-refractivity contribution in [1.29, 1.82) is 0 Å². The zero-order chi connectivity index (χ0) is 25.9. The summed E-state index contributed by atoms with van der Waals surface area (Å²) in [7, 11) is 1.31. The number of urea groups is 1. The Hall–Kier alpha value is -3.55. The number of halogens is 2. The molecule has 0 spiro atoms. The summed E-state index contributed by atoms with van der Waals surface area (Å²) in [6.07, 6.45) is 4.97. The maximum Gasteiger partial charge on any atom is 0.337 e. The summed E-state index contributed by atoms with van der Waals surface area (Å²) >= 11 is 12.6. The first kappa shape index (κ1) is 25.1. The van der Waals surface area contributed by atoms with Gasteiger partial charge >= 0.3 is 12.0 Å². The summed E-state index contributed by atoms with van der Waals surface area (Å²) in [5.74, 6) is 0.187. The number of nitrogens with one attached hydrogen (secondary N) is 1. The number of esters is 1. The van der Waals surface area contributed by atoms with Crippen molar-refractivity contribution in [3.05, 3.63) is 82.3 Å². The normalized spacial score (nSPS) is 13.9. The standard InChI is InChI=1S/C28H26Cl2N4O3/c1-37-27(35)18-11-16-25(23(30)17-18)31-28(36)33(20-7-3-2-4-8-20)26-22-9-5-6-10-24(22)32-34(26)21-14-12-19(29)13-15-21/h5-6,9-17,20H,2-4,7-8H2,1H3,(H,31,36). The minimum Gasteiger partial charge on any atom is -0.465 e. The fraction of sp³-hybridized carbons (Fsp3) is 0.250. The lowest BCUT2D eigenvalue weighted by molar-refractivity contribution is 0.0600. The maximum atomic E-state index is 14.0. The van der Waals surface area contributed by atoms with Gasteiger partial charge in [-0.2, -0.15) is 5.10 Å². The Balaban J connectivity index is 1.60. The van der Waals surface area contributed by atoms with Crippen molar-refractivity contribution in [3.63, 3.8) is 0 Å². The molecule has 0 atom stereocenters. The number of rotatable bonds is 5. The molecule has 7 nitrogen and oxygen atoms in total. The summed E-state index contributed by atoms with van der Waals surface area (Å²) in [6.45, 7) is 0. The molecule has 0 unspecified atom stereocenters. The number of ether oxygens (including phenoxy) is 1. The van der Waals surface area contributed by atoms with Crippen molar-refractivity contribution < 1.29 is 14.3 Å². The highest BCUT2D eigenvalue weighted by Crippen LogP contribution is 2.36. The lowest BCUT2D eigenvalue weighted by Gasteiger charge is -2.34. The van der Waals surface area contributed by atoms with Gasteiger partial charge in [-0.1, -0.05) is 54.6 Å². The number of carbonyl (C=O) groups is 2. The molecule has 1 heterocycles. The molecule has 1 N–H and O–H groups in total. The number of carbonyl (C=O) groups excluding carboxylic acids is 2. The average molecular weight is 537 g/mol. The van der Waals surface area contributed by atoms with E-state index >= 15 is 0 Å². The average Bonchev–Trinajstić information content (AvgIpc) is 3.29. The van der Waals surface area contributed by atoms with Crippen LogP contribution in [0.1, 0.15) is 42.5 Å². The second-order valence-electron chi connectivity index (χ2n) is 9.01. The molecular formula is C28H26Cl2N4O3. The SMILES string of the molecule is COC(=O)c1ccc(NC(=O)N(c2c3ccccc3nn2-c2ccc(Cl)cc2)C2CCCCC2)c(Cl)c1. The van der Waals surface area contributed by atoms with E-state index in [2.05, 4.69) is 5.32 Å². The number of nitrogens with zero attached hydrogens (tertiary/aromatic N) is 3. The second-order valence-corrected chi connectivity index (χ2v) is 9.85. The van der Waals surface area contributed by atoms with E-state index in [-0.39, 0.29) is 17.1 Å². The molecule has 0 saturated heterocycles. The maximum absolute atomic E-state index is 14.0. The van der Waals surface area contributed by atoms with Crippen LogP contribution in [0.3, 0.4) is 0 Å². The number of amides is 2. The van der Waals surface area contributed by atoms with Gasteiger partial charge in [0.1, 0.15) is 5.82 Å². The minimum atomic E-state index is -0.498. The van der Waals surface area contributed by atoms with Crippen molar-refractivity contribution in [3.8, 4) is 5.69 Å². The third kappa shape index (κ3) is 5.15. The number of methoxy groups -OCH3 is 1. The summed E-state index contributed by atoms with van der Waals surface area (Å²) < 4.78 is 6.57. The largest absolute Gasteiger partial charge is 0.465 e. The Morgan fingerprint density at radius 1 is 1.00 bits per heavy atom. The predicted octanol–water partition coefficient (Wildman–Crippen LogP) is 7.49. The van der Waals surface area contributed by atoms with Gasteiger partial charge in [0.05, 0.1) is 34.6 Å². The molecule has 0 radical (unpaired) electrons. The summed E-state index contributed by atoms with van der Waals surface area (Å²) in [4.78, 5) is 27.7. The second kappa shape index (κ2) is 10.8. The van der Waals surface area contributed by atoms with Gasteiger partial charge in [-0.15, -0.1) is 0 Å². The topological polar surface area (TPSA) is 76.5 Å². The van der Waals surface area contributed by atoms with E-state index in [4.69, 9.17) is 33.0 Å². The molecule has 1 saturated carbocycles. The molecule has 9 heteroatoms. The van der Waals surface area contributed by atoms with E-state index in [1.54, 1.807) is 28.9 Å². The molecule has 1 aliphatic carbocycles. The van der Waals surface area contributed by atoms with Crippen LogP contribution in [0, 0.1) is 0 Å². The van der Waals surface area contributed by atoms with Crippen LogP contribution in [0.2, 0.25) is 10.0 Å². The van der Waals surface area contributed by atoms with E-state index < -0.39 is 5.97 Å². The van der Waals surface area contributed by atoms with E-state index in [1.807, 2.05) is 41.3 Å². The predicted molar refractivity (Wildman–Crippen MR) is 147 cm³/mol. The van der Waals surface area contributed by atoms with Crippen LogP contribution in [0.25, 0.3) is 16.6 Å². The van der Waals surface area contributed by atoms with Gasteiger partial charge in [0, 0.05) is 16.5 Å². The molecule has 0 bridgehead atoms. The molecule has 3 aromatic carbocycles. The quantitative estimate of drug-likeness (QED) is 0.268. The van der Waals surface area contributed by atoms with Gasteiger partial charge in [0.15, 0.2) is 0 Å². The van der Waals surface area contributed by atoms with Crippen LogP contribution in [-0.4, -0.2) is 34.9 Å². The van der Waals surface area contributed by atoms with Crippen LogP contribution in [0.5, 0.6) is 0 Å². The molecular weight excluding hydrogens is 511 g/mol. The third-order valence-electron chi connectivity index (χ3n) is 6.64. The van der Waals surface area contributed by atoms with Crippen LogP contribution in [-0.2, 0) is 4.74 Å². The highest BCUT2D eigenvalue weighted by molar-refractivity contribution is 6.34. The van der Waals surface area contributed by atoms with E-state index in [0.717, 1.165) is 48.7 Å². The zero-order valence-electron chi connectivity index (χ0n) is 20.3. The molecule has 0 aliphatic heterocycles. The van der Waals surface area contributed by atoms with Gasteiger partial charge in [-0.25, -0.2) is 14.3 Å². The first-order valence-electron chi connectivity index (χ1n) is 12.2. The highest BCUT2D eigenvalue weighted by atomic mass is 35.5. The molecule has 4 aromatic rings. The molecule has 1 aliphatic rings. The third-order valence-corrected chi connectivity index (χ3v) is 7.21. The number of aromatic nitrogens is 2. The number of hydrogen-bond acceptors (Lipinski definition) is 4. The van der Waals surface area contributed by atoms with Crippen molar-refractivity contribution >= 4 is 57.6 Å². The first-order chi connectivity index (χ1) is 18.0. The fourth-order valence-electron chi connectivity index (χ4n) is 4.82. The van der Waals surface area contributed by atoms with Gasteiger partial charge in [-0.05, 0) is 67.4 Å². The van der Waals surface area contributed by atoms with Crippen molar-refractivity contribution in [2.24, 2.45) is 0 Å². The van der Waals surface area contributed by atoms with E-state index in [9.17, 15) is 9.59 Å². The van der Waals surface area contributed by atoms with Crippen molar-refractivity contribution in [2.75, 3.05) is 17.3 Å². The lowest BCUT2D eigenvalue weighted by atomic mass is 9.94. The van der Waals surface area contributed by atoms with Crippen molar-refractivity contribution in [2.45, 2.75) is 38.1 Å². The van der Waals surface area contributed by atoms with Gasteiger partial charge in [-0.3, -0.25) is 4.90 Å². The molecule has 190 valence electrons. The van der Waals surface area contributed by atoms with Crippen LogP contribution >= 0.6 is 23.2 Å². The molecule has 1 aromatic heterocycles. The minimum absolute atomic E-state index is 0.0203. The van der Waals surface area contributed by atoms with Crippen molar-refractivity contribution in [1.82, 2.24) is 9.78 Å². The number of anilines is 2. The molecule has 1 fully saturated rings. The number of fused-ring (bicyclic) bond motifs is 1. The molecule has 2 amide bonds. The summed E-state index contributed by atoms with van der Waals surface area (Å²) in [5.41, 5.74) is 2.29. The van der Waals surface area contributed by atoms with Crippen LogP contribution in [0.4, 0.5) is 16.3 Å². The lowest BCUT2D eigenvalue weighted by Crippen LogP contribution is -2.45. The van der Waals surface area contributed by atoms with Crippen LogP contribution < -0.4 is 10.2 Å². The number of hydrogen-bond donors (Lipinski definition) is 1. The van der Waals surface area contributed by atoms with Crippen LogP contribution in [0.15, 0.2) is 66.7 Å². The number of benzene rings is 3. The van der Waals surface area contributed by atoms with Gasteiger partial charge in [0.2, 0.25) is 0 Å². The van der Waals surface area contributed by atoms with E-state index in [1.165, 1.54) is 13.2 Å². The van der Waals surface area contributed by atoms with Gasteiger partial charge < -0.3 is 10.1 Å². The monoisotopic (exact) mass is 536 g/mol. The Morgan fingerprint density at radius 3 is 2.43 bits per heavy atom. The highest BCUT2D eigenvalue weighted by Gasteiger charge is 2.32. The Kier molecular flexibility index (Phi) is 7.35. The summed E-state index contributed by atoms with van der Waals surface area (Å²) in [6, 6.07) is 19.5. The summed E-state index contributed by atoms with van der Waals surface area (Å²) in [5, 5.41) is 9.56. The van der Waals surface area contributed by atoms with Gasteiger partial charge in [0.25, 0.3) is 0 Å². The first-order valence-corrected chi connectivity index (χ1v) is 12.9. The van der Waals surface area contributed by atoms with E-state index in [0.29, 0.717) is 22.1 Å². The molecule has 5 rings (SSSR count). The Labute approximate surface area is 224 Å². The Morgan fingerprint density at radius 2 is 1.73 bits per heavy atom. The Bertz CT molecular complexity index is 1450. The zero-order valence-corrected chi connectivity index (χ0v) is 21.8. The smallest absolute Gasteiger partial charge is 0.337 e. The molecule has 37 heavy (non-hydrogen) atoms.